The van der Waals surface area contributed by atoms with Crippen molar-refractivity contribution in [1.82, 2.24) is 20.4 Å². The van der Waals surface area contributed by atoms with E-state index in [9.17, 15) is 14.4 Å². The van der Waals surface area contributed by atoms with Gasteiger partial charge in [0, 0.05) is 51.6 Å². The highest BCUT2D eigenvalue weighted by atomic mass is 32.2. The summed E-state index contributed by atoms with van der Waals surface area (Å²) in [5, 5.41) is 15.0. The van der Waals surface area contributed by atoms with Gasteiger partial charge in [0.2, 0.25) is 17.7 Å². The molecule has 4 aliphatic heterocycles. The maximum Gasteiger partial charge on any atom is 0.244 e. The van der Waals surface area contributed by atoms with E-state index < -0.39 is 16.7 Å². The van der Waals surface area contributed by atoms with Crippen molar-refractivity contribution in [2.45, 2.75) is 55.1 Å². The Labute approximate surface area is 206 Å². The van der Waals surface area contributed by atoms with Crippen LogP contribution in [0.15, 0.2) is 0 Å². The number of nitrogens with one attached hydrogen (secondary N) is 2. The van der Waals surface area contributed by atoms with Crippen molar-refractivity contribution in [1.29, 1.82) is 0 Å². The van der Waals surface area contributed by atoms with Gasteiger partial charge in [-0.15, -0.1) is 11.8 Å². The van der Waals surface area contributed by atoms with Gasteiger partial charge in [0.05, 0.1) is 29.8 Å². The molecule has 2 bridgehead atoms. The quantitative estimate of drug-likeness (QED) is 0.347. The first-order valence-electron chi connectivity index (χ1n) is 12.8. The number of ether oxygens (including phenoxy) is 1. The summed E-state index contributed by atoms with van der Waals surface area (Å²) in [5.41, 5.74) is 0. The highest BCUT2D eigenvalue weighted by Gasteiger charge is 2.75. The topological polar surface area (TPSA) is 111 Å². The van der Waals surface area contributed by atoms with Crippen LogP contribution in [0.2, 0.25) is 0 Å². The summed E-state index contributed by atoms with van der Waals surface area (Å²) >= 11 is 1.72. The van der Waals surface area contributed by atoms with Gasteiger partial charge in [-0.1, -0.05) is 19.8 Å². The summed E-state index contributed by atoms with van der Waals surface area (Å²) in [6, 6.07) is -0.549. The number of hydrogen-bond acceptors (Lipinski definition) is 7. The Balaban J connectivity index is 1.51. The van der Waals surface area contributed by atoms with Gasteiger partial charge in [-0.25, -0.2) is 0 Å². The van der Waals surface area contributed by atoms with Gasteiger partial charge in [0.25, 0.3) is 0 Å². The van der Waals surface area contributed by atoms with E-state index in [0.29, 0.717) is 13.1 Å². The lowest BCUT2D eigenvalue weighted by molar-refractivity contribution is -0.140. The number of morpholine rings is 1. The fraction of sp³-hybridized carbons (Fsp3) is 0.875. The van der Waals surface area contributed by atoms with Gasteiger partial charge >= 0.3 is 0 Å². The average molecular weight is 497 g/mol. The summed E-state index contributed by atoms with van der Waals surface area (Å²) in [6.07, 6.45) is 4.20. The zero-order chi connectivity index (χ0) is 24.3. The Kier molecular flexibility index (Phi) is 8.43. The van der Waals surface area contributed by atoms with Crippen molar-refractivity contribution in [2.24, 2.45) is 17.8 Å². The minimum Gasteiger partial charge on any atom is -0.396 e. The normalized spacial score (nSPS) is 35.0. The molecule has 4 fully saturated rings. The lowest BCUT2D eigenvalue weighted by Gasteiger charge is -2.38. The molecule has 0 saturated carbocycles. The zero-order valence-electron chi connectivity index (χ0n) is 20.5. The van der Waals surface area contributed by atoms with Crippen LogP contribution in [0.3, 0.4) is 0 Å². The van der Waals surface area contributed by atoms with Gasteiger partial charge in [0.15, 0.2) is 0 Å². The number of fused-ring (bicyclic) bond motifs is 1. The summed E-state index contributed by atoms with van der Waals surface area (Å²) in [5.74, 6) is -0.837. The number of amides is 3. The number of rotatable bonds is 11. The Morgan fingerprint density at radius 1 is 1.15 bits per heavy atom. The average Bonchev–Trinajstić information content (AvgIpc) is 3.43. The minimum atomic E-state index is -0.549. The van der Waals surface area contributed by atoms with Gasteiger partial charge in [0.1, 0.15) is 6.04 Å². The molecule has 0 aromatic carbocycles. The smallest absolute Gasteiger partial charge is 0.244 e. The van der Waals surface area contributed by atoms with Gasteiger partial charge < -0.3 is 25.4 Å². The maximum atomic E-state index is 13.8. The lowest BCUT2D eigenvalue weighted by atomic mass is 9.66. The Morgan fingerprint density at radius 2 is 1.88 bits per heavy atom. The van der Waals surface area contributed by atoms with Crippen LogP contribution in [0.5, 0.6) is 0 Å². The number of aliphatic hydroxyl groups excluding tert-OH is 1. The summed E-state index contributed by atoms with van der Waals surface area (Å²) in [6.45, 7) is 7.31. The van der Waals surface area contributed by atoms with E-state index in [1.54, 1.807) is 23.7 Å². The van der Waals surface area contributed by atoms with Crippen molar-refractivity contribution in [2.75, 3.05) is 59.6 Å². The molecule has 0 aromatic rings. The third kappa shape index (κ3) is 4.58. The highest BCUT2D eigenvalue weighted by Crippen LogP contribution is 2.68. The molecule has 1 spiro atoms. The molecule has 10 heteroatoms. The second-order valence-corrected chi connectivity index (χ2v) is 11.6. The van der Waals surface area contributed by atoms with E-state index in [4.69, 9.17) is 9.84 Å². The van der Waals surface area contributed by atoms with Crippen LogP contribution in [0.4, 0.5) is 0 Å². The zero-order valence-corrected chi connectivity index (χ0v) is 21.3. The van der Waals surface area contributed by atoms with Crippen LogP contribution in [-0.4, -0.2) is 108 Å². The SMILES string of the molecule is CNC(=O)[C@@H]1[C@H]2C(=O)N(CCCCCCO)C(C(=O)NCCN3CCOCC3)C23S[C@@H]1CC3C. The lowest BCUT2D eigenvalue weighted by Crippen LogP contribution is -2.57. The monoisotopic (exact) mass is 496 g/mol. The number of nitrogens with zero attached hydrogens (tertiary/aromatic N) is 2. The molecule has 192 valence electrons. The Bertz CT molecular complexity index is 764. The maximum absolute atomic E-state index is 13.8. The van der Waals surface area contributed by atoms with Crippen LogP contribution < -0.4 is 10.6 Å². The molecular formula is C24H40N4O5S. The molecule has 0 radical (unpaired) electrons. The number of aliphatic hydroxyl groups is 1. The standard InChI is InChI=1S/C24H40N4O5S/c1-16-15-17-18(21(30)25-2)19-23(32)28(8-5-3-4-6-12-29)20(24(16,19)34-17)22(31)26-7-9-27-10-13-33-14-11-27/h16-20,29H,3-15H2,1-2H3,(H,25,30)(H,26,31)/t16?,17-,18+,19+,20?,24?/m1/s1. The number of carbonyl (C=O) groups is 3. The van der Waals surface area contributed by atoms with Gasteiger partial charge in [-0.05, 0) is 25.2 Å². The number of likely N-dealkylation sites (tertiary alicyclic amines) is 1. The minimum absolute atomic E-state index is 0.0364. The molecule has 3 amide bonds. The molecule has 4 saturated heterocycles. The van der Waals surface area contributed by atoms with Crippen molar-refractivity contribution < 1.29 is 24.2 Å². The third-order valence-electron chi connectivity index (χ3n) is 8.18. The van der Waals surface area contributed by atoms with Crippen LogP contribution in [0, 0.1) is 17.8 Å². The van der Waals surface area contributed by atoms with Crippen LogP contribution >= 0.6 is 11.8 Å². The number of thioether (sulfide) groups is 1. The van der Waals surface area contributed by atoms with E-state index >= 15 is 0 Å². The first-order valence-corrected chi connectivity index (χ1v) is 13.7. The van der Waals surface area contributed by atoms with E-state index in [2.05, 4.69) is 22.5 Å². The van der Waals surface area contributed by atoms with E-state index in [-0.39, 0.29) is 41.4 Å². The van der Waals surface area contributed by atoms with Crippen LogP contribution in [0.25, 0.3) is 0 Å². The third-order valence-corrected chi connectivity index (χ3v) is 10.3. The molecule has 3 N–H and O–H groups in total. The largest absolute Gasteiger partial charge is 0.396 e. The van der Waals surface area contributed by atoms with E-state index in [0.717, 1.165) is 65.0 Å². The molecule has 4 rings (SSSR count). The molecule has 4 aliphatic rings. The molecule has 6 atom stereocenters. The van der Waals surface area contributed by atoms with Gasteiger partial charge in [-0.3, -0.25) is 19.3 Å². The molecule has 0 aliphatic carbocycles. The molecule has 9 nitrogen and oxygen atoms in total. The van der Waals surface area contributed by atoms with E-state index in [1.807, 2.05) is 0 Å². The predicted molar refractivity (Wildman–Crippen MR) is 130 cm³/mol. The van der Waals surface area contributed by atoms with Crippen molar-refractivity contribution in [3.05, 3.63) is 0 Å². The molecular weight excluding hydrogens is 456 g/mol. The molecule has 4 heterocycles. The highest BCUT2D eigenvalue weighted by molar-refractivity contribution is 8.02. The molecule has 3 unspecified atom stereocenters. The summed E-state index contributed by atoms with van der Waals surface area (Å²) in [7, 11) is 1.63. The first-order chi connectivity index (χ1) is 16.5. The fourth-order valence-electron chi connectivity index (χ4n) is 6.53. The Hall–Kier alpha value is -1.36. The van der Waals surface area contributed by atoms with Crippen molar-refractivity contribution in [3.8, 4) is 0 Å². The van der Waals surface area contributed by atoms with Gasteiger partial charge in [-0.2, -0.15) is 0 Å². The van der Waals surface area contributed by atoms with Crippen LogP contribution in [-0.2, 0) is 19.1 Å². The second-order valence-electron chi connectivity index (χ2n) is 10.1. The predicted octanol–water partition coefficient (Wildman–Crippen LogP) is 0.0707. The molecule has 0 aromatic heterocycles. The Morgan fingerprint density at radius 3 is 2.59 bits per heavy atom. The van der Waals surface area contributed by atoms with E-state index in [1.165, 1.54) is 0 Å². The number of hydrogen-bond donors (Lipinski definition) is 3. The summed E-state index contributed by atoms with van der Waals surface area (Å²) in [4.78, 5) is 44.4. The molecule has 34 heavy (non-hydrogen) atoms. The number of unbranched alkanes of at least 4 members (excludes halogenated alkanes) is 3. The fourth-order valence-corrected chi connectivity index (χ4v) is 8.96. The second kappa shape index (κ2) is 11.1. The first kappa shape index (κ1) is 25.7. The number of carbonyl (C=O) groups excluding carboxylic acids is 3. The summed E-state index contributed by atoms with van der Waals surface area (Å²) < 4.78 is 4.86. The van der Waals surface area contributed by atoms with Crippen molar-refractivity contribution in [3.63, 3.8) is 0 Å². The van der Waals surface area contributed by atoms with Crippen LogP contribution in [0.1, 0.15) is 39.0 Å². The van der Waals surface area contributed by atoms with Crippen molar-refractivity contribution >= 4 is 29.5 Å².